The fourth-order valence-corrected chi connectivity index (χ4v) is 1.27. The van der Waals surface area contributed by atoms with Crippen molar-refractivity contribution in [1.29, 1.82) is 0 Å². The summed E-state index contributed by atoms with van der Waals surface area (Å²) < 4.78 is 0. The van der Waals surface area contributed by atoms with Gasteiger partial charge in [-0.3, -0.25) is 0 Å². The molecule has 0 heterocycles. The van der Waals surface area contributed by atoms with Gasteiger partial charge in [-0.15, -0.1) is 0 Å². The van der Waals surface area contributed by atoms with Crippen LogP contribution in [0.4, 0.5) is 0 Å². The van der Waals surface area contributed by atoms with Crippen LogP contribution in [0.5, 0.6) is 17.2 Å². The van der Waals surface area contributed by atoms with Crippen molar-refractivity contribution in [3.8, 4) is 17.2 Å². The van der Waals surface area contributed by atoms with E-state index < -0.39 is 0 Å². The Morgan fingerprint density at radius 1 is 0.0732 bits per heavy atom. The third-order valence-corrected chi connectivity index (χ3v) is 2.27. The summed E-state index contributed by atoms with van der Waals surface area (Å²) in [5.74, 6) is 0.660. The van der Waals surface area contributed by atoms with E-state index in [9.17, 15) is 0 Å². The normalized spacial score (nSPS) is 1.46. The molecular formula is C18H18Fe30O3W72. The summed E-state index contributed by atoms with van der Waals surface area (Å²) in [6.45, 7) is 0. The average molecular weight is 15200 g/mol. The second kappa shape index (κ2) is 832. The van der Waals surface area contributed by atoms with Crippen LogP contribution >= 0.6 is 0 Å². The summed E-state index contributed by atoms with van der Waals surface area (Å²) in [5.41, 5.74) is 0. The van der Waals surface area contributed by atoms with Gasteiger partial charge in [-0.1, -0.05) is 54.6 Å². The largest absolute Gasteiger partial charge is 0.508 e. The first kappa shape index (κ1) is 908. The van der Waals surface area contributed by atoms with Crippen LogP contribution in [0.1, 0.15) is 0 Å². The van der Waals surface area contributed by atoms with E-state index in [1.807, 2.05) is 42.5 Å². The molecule has 0 atom stereocenters. The van der Waals surface area contributed by atoms with Crippen LogP contribution in [0.25, 0.3) is 0 Å². The molecule has 0 saturated heterocycles. The molecule has 0 unspecified atom stereocenters. The van der Waals surface area contributed by atoms with Crippen LogP contribution < -0.4 is 0 Å². The van der Waals surface area contributed by atoms with Gasteiger partial charge in [-0.25, -0.2) is 0 Å². The number of phenols is 3. The third kappa shape index (κ3) is 823. The maximum Gasteiger partial charge on any atom is 0.115 e. The molecular weight excluding hydrogens is 15200 g/mol. The fourth-order valence-electron chi connectivity index (χ4n) is 1.27. The Hall–Kier alpha value is 62.2. The number of aromatic hydroxyl groups is 3. The molecule has 780 valence electrons. The van der Waals surface area contributed by atoms with Crippen molar-refractivity contribution in [2.24, 2.45) is 0 Å². The third-order valence-electron chi connectivity index (χ3n) is 2.27. The number of rotatable bonds is 0. The van der Waals surface area contributed by atoms with Crippen LogP contribution in [-0.4, -0.2) is 15.3 Å². The molecule has 3 rings (SSSR count). The standard InChI is InChI=1S/C6H6O2.C6H6O.C6H6.30Fe.72W/c7-5-1-2-6(8)4-3-5;7-6-4-2-1-3-5-6;1-2-4-6-5-3-1;;;;;;;;;;;;;;;;;;;;;;;;;;;;;;;;;;;;;;;;;;;;;;;;;;;;;;;;;;;;;;;;;;;;;;;;;;;;;;;;;;;;;;;;;;;;;;;;;;;;;;/h1-4,7-8H;1-5,7H;1-6H;;;;;;;;;;;;;;;;;;;;;;;;;;;;;;;;;;;;;;;;;;;;;;;;;;;;;;;;;;;;;;;;;;;;;;;;;;;;;;;;;;;;;;;;;;;;;;;;;;;;;;. The van der Waals surface area contributed by atoms with E-state index in [0.717, 1.165) is 0 Å². The van der Waals surface area contributed by atoms with Crippen LogP contribution in [0, 0.1) is 0 Å². The van der Waals surface area contributed by atoms with Gasteiger partial charge in [0, 0.05) is 2030 Å². The van der Waals surface area contributed by atoms with Crippen LogP contribution in [0.2, 0.25) is 0 Å². The Morgan fingerprint density at radius 2 is 0.114 bits per heavy atom. The maximum atomic E-state index is 8.65. The first-order chi connectivity index (χ1) is 10.2. The molecule has 0 aliphatic carbocycles. The van der Waals surface area contributed by atoms with E-state index in [2.05, 4.69) is 0 Å². The molecule has 0 spiro atoms. The fraction of sp³-hybridized carbons (Fsp3) is 0. The Labute approximate surface area is 2090 Å². The van der Waals surface area contributed by atoms with Gasteiger partial charge in [-0.05, 0) is 36.4 Å². The summed E-state index contributed by atoms with van der Waals surface area (Å²) in [4.78, 5) is 0. The van der Waals surface area contributed by atoms with Crippen molar-refractivity contribution < 1.29 is 2040 Å². The van der Waals surface area contributed by atoms with E-state index in [4.69, 9.17) is 15.3 Å². The predicted octanol–water partition coefficient (Wildman–Crippen LogP) is 3.92. The van der Waals surface area contributed by atoms with E-state index in [0.29, 0.717) is 5.75 Å². The van der Waals surface area contributed by atoms with E-state index in [1.54, 1.807) is 24.3 Å². The van der Waals surface area contributed by atoms with Crippen LogP contribution in [0.3, 0.4) is 0 Å². The Kier molecular flexibility index (Phi) is 6140. The van der Waals surface area contributed by atoms with Crippen molar-refractivity contribution in [3.63, 3.8) is 0 Å². The van der Waals surface area contributed by atoms with Crippen molar-refractivity contribution in [3.05, 3.63) is 91.0 Å². The molecule has 0 saturated carbocycles. The van der Waals surface area contributed by atoms with Crippen molar-refractivity contribution in [1.82, 2.24) is 0 Å². The second-order valence-electron chi connectivity index (χ2n) is 4.01. The molecule has 3 aromatic carbocycles. The summed E-state index contributed by atoms with van der Waals surface area (Å²) in [7, 11) is 0. The Balaban J connectivity index is -0.000000000381. The zero-order chi connectivity index (χ0) is 15.3. The van der Waals surface area contributed by atoms with Gasteiger partial charge < -0.3 is 15.3 Å². The van der Waals surface area contributed by atoms with Gasteiger partial charge in [0.1, 0.15) is 17.2 Å². The summed E-state index contributed by atoms with van der Waals surface area (Å²) >= 11 is 0. The molecule has 0 aliphatic rings. The number of benzene rings is 3. The van der Waals surface area contributed by atoms with Gasteiger partial charge in [0.2, 0.25) is 0 Å². The van der Waals surface area contributed by atoms with Crippen molar-refractivity contribution in [2.75, 3.05) is 0 Å². The first-order valence-electron chi connectivity index (χ1n) is 6.40. The molecule has 0 radical (unpaired) electrons. The Morgan fingerprint density at radius 3 is 0.154 bits per heavy atom. The molecule has 3 aromatic rings. The maximum absolute atomic E-state index is 8.65. The molecule has 105 heteroatoms. The molecule has 0 fully saturated rings. The predicted molar refractivity (Wildman–Crippen MR) is 84.3 cm³/mol. The minimum Gasteiger partial charge on any atom is -0.508 e. The van der Waals surface area contributed by atoms with Crippen molar-refractivity contribution >= 4 is 0 Å². The van der Waals surface area contributed by atoms with Gasteiger partial charge in [0.15, 0.2) is 0 Å². The number of hydrogen-bond donors (Lipinski definition) is 3. The monoisotopic (exact) mass is 15200 g/mol. The van der Waals surface area contributed by atoms with Gasteiger partial charge in [0.05, 0.1) is 0 Å². The average Bonchev–Trinajstić information content (AvgIpc) is 2.54. The smallest absolute Gasteiger partial charge is 0.115 e. The van der Waals surface area contributed by atoms with E-state index >= 15 is 0 Å². The summed E-state index contributed by atoms with van der Waals surface area (Å²) in [5, 5.41) is 25.9. The SMILES string of the molecule is Oc1ccc(O)cc1.Oc1ccccc1.[Fe].[Fe].[Fe].[Fe].[Fe].[Fe].[Fe].[Fe].[Fe].[Fe].[Fe].[Fe].[Fe].[Fe].[Fe].[Fe].[Fe].[Fe].[Fe].[Fe].[Fe].[Fe].[Fe].[Fe].[Fe].[Fe].[Fe].[Fe].[Fe].[Fe].[W].[W].[W].[W].[W].[W].[W].[W].[W].[W].[W].[W].[W].[W].[W].[W].[W].[W].[W].[W].[W].[W].[W].[W].[W].[W].[W].[W].[W].[W].[W].[W].[W].[W].[W].[W].[W].[W].[W].[W].[W].[W].[W].[W].[W].[W].[W].[W].[W].[W].[W].[W].[W].[W].[W].[W].[W].[W].[W].[W].[W].[W].[W].[W].[W].[W].[W].[W].[W].[W].[W].[W].c1ccccc1. The zero-order valence-electron chi connectivity index (χ0n) is 51.5. The van der Waals surface area contributed by atoms with Gasteiger partial charge in [-0.2, -0.15) is 0 Å². The summed E-state index contributed by atoms with van der Waals surface area (Å²) in [6.07, 6.45) is 0. The van der Waals surface area contributed by atoms with Gasteiger partial charge >= 0.3 is 0 Å². The molecule has 3 nitrogen and oxygen atoms in total. The minimum absolute atomic E-state index is 0. The number of phenolic OH excluding ortho intramolecular Hbond substituents is 3. The van der Waals surface area contributed by atoms with Crippen LogP contribution in [-0.2, 0) is 2030 Å². The van der Waals surface area contributed by atoms with E-state index in [-0.39, 0.29) is 2040 Å². The number of hydrogen-bond acceptors (Lipinski definition) is 3. The zero-order valence-corrected chi connectivity index (χ0v) is 296. The van der Waals surface area contributed by atoms with E-state index in [1.165, 1.54) is 24.3 Å². The van der Waals surface area contributed by atoms with Crippen LogP contribution in [0.15, 0.2) is 91.0 Å². The molecule has 123 heavy (non-hydrogen) atoms. The van der Waals surface area contributed by atoms with Gasteiger partial charge in [0.25, 0.3) is 0 Å². The van der Waals surface area contributed by atoms with Crippen molar-refractivity contribution in [2.45, 2.75) is 0 Å². The topological polar surface area (TPSA) is 60.7 Å². The molecule has 0 amide bonds. The quantitative estimate of drug-likeness (QED) is 0.237. The molecule has 0 bridgehead atoms. The number of para-hydroxylation sites is 1. The molecule has 3 N–H and O–H groups in total. The second-order valence-corrected chi connectivity index (χ2v) is 4.01. The summed E-state index contributed by atoms with van der Waals surface area (Å²) in [6, 6.07) is 26.4. The Bertz CT molecular complexity index is 700. The minimum atomic E-state index is 0. The molecule has 0 aliphatic heterocycles. The first-order valence-corrected chi connectivity index (χ1v) is 6.40. The molecule has 0 aromatic heterocycles.